The molecule has 1 aromatic heterocycles. The molecule has 3 rings (SSSR count). The molecule has 0 spiro atoms. The molecule has 0 aliphatic heterocycles. The number of carbonyl (C=O) groups excluding carboxylic acids is 1. The molecule has 0 aliphatic rings. The SMILES string of the molecule is O=C(Nc1ncc(-c2ccc(F)cc2)[nH]1)c1ccc(C(F)(F)F)cc1. The molecule has 0 fully saturated rings. The Hall–Kier alpha value is -3.16. The van der Waals surface area contributed by atoms with Crippen LogP contribution < -0.4 is 5.32 Å². The van der Waals surface area contributed by atoms with Crippen LogP contribution in [0.3, 0.4) is 0 Å². The highest BCUT2D eigenvalue weighted by Gasteiger charge is 2.30. The molecule has 2 aromatic carbocycles. The summed E-state index contributed by atoms with van der Waals surface area (Å²) in [6, 6.07) is 9.51. The average molecular weight is 349 g/mol. The number of aromatic nitrogens is 2. The van der Waals surface area contributed by atoms with E-state index in [1.807, 2.05) is 0 Å². The van der Waals surface area contributed by atoms with Crippen LogP contribution in [-0.2, 0) is 6.18 Å². The normalized spacial score (nSPS) is 11.4. The number of carbonyl (C=O) groups is 1. The lowest BCUT2D eigenvalue weighted by Gasteiger charge is -2.07. The number of amides is 1. The molecule has 8 heteroatoms. The van der Waals surface area contributed by atoms with E-state index in [1.54, 1.807) is 12.1 Å². The molecule has 25 heavy (non-hydrogen) atoms. The van der Waals surface area contributed by atoms with E-state index in [-0.39, 0.29) is 17.3 Å². The Balaban J connectivity index is 1.72. The second-order valence-corrected chi connectivity index (χ2v) is 5.18. The molecule has 128 valence electrons. The highest BCUT2D eigenvalue weighted by atomic mass is 19.4. The highest BCUT2D eigenvalue weighted by Crippen LogP contribution is 2.29. The standard InChI is InChI=1S/C17H11F4N3O/c18-13-7-3-10(4-8-13)14-9-22-16(23-14)24-15(25)11-1-5-12(6-2-11)17(19,20)21/h1-9H,(H2,22,23,24,25). The summed E-state index contributed by atoms with van der Waals surface area (Å²) in [4.78, 5) is 18.9. The van der Waals surface area contributed by atoms with Crippen LogP contribution in [0.2, 0.25) is 0 Å². The van der Waals surface area contributed by atoms with Crippen LogP contribution in [0.5, 0.6) is 0 Å². The fourth-order valence-corrected chi connectivity index (χ4v) is 2.15. The smallest absolute Gasteiger partial charge is 0.324 e. The molecule has 0 atom stereocenters. The Morgan fingerprint density at radius 1 is 1.00 bits per heavy atom. The van der Waals surface area contributed by atoms with Crippen LogP contribution in [0.15, 0.2) is 54.7 Å². The molecule has 4 nitrogen and oxygen atoms in total. The van der Waals surface area contributed by atoms with Crippen molar-refractivity contribution >= 4 is 11.9 Å². The monoisotopic (exact) mass is 349 g/mol. The van der Waals surface area contributed by atoms with Crippen molar-refractivity contribution in [1.82, 2.24) is 9.97 Å². The maximum Gasteiger partial charge on any atom is 0.416 e. The summed E-state index contributed by atoms with van der Waals surface area (Å²) >= 11 is 0. The summed E-state index contributed by atoms with van der Waals surface area (Å²) in [5.74, 6) is -0.850. The summed E-state index contributed by atoms with van der Waals surface area (Å²) in [6.45, 7) is 0. The Morgan fingerprint density at radius 3 is 2.24 bits per heavy atom. The van der Waals surface area contributed by atoms with E-state index in [9.17, 15) is 22.4 Å². The molecule has 0 radical (unpaired) electrons. The minimum absolute atomic E-state index is 0.0627. The van der Waals surface area contributed by atoms with Crippen molar-refractivity contribution in [2.75, 3.05) is 5.32 Å². The molecule has 1 heterocycles. The number of aromatic amines is 1. The Morgan fingerprint density at radius 2 is 1.64 bits per heavy atom. The quantitative estimate of drug-likeness (QED) is 0.685. The number of anilines is 1. The van der Waals surface area contributed by atoms with Gasteiger partial charge in [-0.2, -0.15) is 13.2 Å². The largest absolute Gasteiger partial charge is 0.416 e. The van der Waals surface area contributed by atoms with Crippen molar-refractivity contribution in [3.63, 3.8) is 0 Å². The van der Waals surface area contributed by atoms with Crippen molar-refractivity contribution in [2.45, 2.75) is 6.18 Å². The number of imidazole rings is 1. The predicted octanol–water partition coefficient (Wildman–Crippen LogP) is 4.49. The van der Waals surface area contributed by atoms with Gasteiger partial charge in [0.1, 0.15) is 5.82 Å². The van der Waals surface area contributed by atoms with Gasteiger partial charge < -0.3 is 4.98 Å². The van der Waals surface area contributed by atoms with Gasteiger partial charge in [-0.15, -0.1) is 0 Å². The van der Waals surface area contributed by atoms with Crippen molar-refractivity contribution in [1.29, 1.82) is 0 Å². The lowest BCUT2D eigenvalue weighted by Crippen LogP contribution is -2.13. The number of rotatable bonds is 3. The molecule has 0 unspecified atom stereocenters. The van der Waals surface area contributed by atoms with Gasteiger partial charge >= 0.3 is 6.18 Å². The number of nitrogens with one attached hydrogen (secondary N) is 2. The van der Waals surface area contributed by atoms with Crippen molar-refractivity contribution < 1.29 is 22.4 Å². The van der Waals surface area contributed by atoms with Crippen LogP contribution in [-0.4, -0.2) is 15.9 Å². The van der Waals surface area contributed by atoms with Gasteiger partial charge in [0.2, 0.25) is 5.95 Å². The molecular weight excluding hydrogens is 338 g/mol. The van der Waals surface area contributed by atoms with E-state index in [0.717, 1.165) is 24.3 Å². The van der Waals surface area contributed by atoms with E-state index < -0.39 is 17.6 Å². The first kappa shape index (κ1) is 16.7. The van der Waals surface area contributed by atoms with Crippen molar-refractivity contribution in [3.05, 3.63) is 71.7 Å². The lowest BCUT2D eigenvalue weighted by molar-refractivity contribution is -0.137. The second-order valence-electron chi connectivity index (χ2n) is 5.18. The number of nitrogens with zero attached hydrogens (tertiary/aromatic N) is 1. The number of alkyl halides is 3. The van der Waals surface area contributed by atoms with E-state index in [2.05, 4.69) is 15.3 Å². The molecule has 0 saturated carbocycles. The molecule has 1 amide bonds. The maximum absolute atomic E-state index is 12.9. The zero-order valence-electron chi connectivity index (χ0n) is 12.6. The van der Waals surface area contributed by atoms with Gasteiger partial charge in [-0.3, -0.25) is 10.1 Å². The third-order valence-corrected chi connectivity index (χ3v) is 3.44. The van der Waals surface area contributed by atoms with Gasteiger partial charge in [0.25, 0.3) is 5.91 Å². The van der Waals surface area contributed by atoms with E-state index in [1.165, 1.54) is 18.3 Å². The van der Waals surface area contributed by atoms with Gasteiger partial charge in [-0.1, -0.05) is 0 Å². The first-order chi connectivity index (χ1) is 11.8. The third kappa shape index (κ3) is 3.85. The van der Waals surface area contributed by atoms with E-state index in [4.69, 9.17) is 0 Å². The molecule has 0 aliphatic carbocycles. The number of H-pyrrole nitrogens is 1. The van der Waals surface area contributed by atoms with E-state index >= 15 is 0 Å². The number of benzene rings is 2. The highest BCUT2D eigenvalue weighted by molar-refractivity contribution is 6.03. The van der Waals surface area contributed by atoms with Gasteiger partial charge in [-0.05, 0) is 54.1 Å². The molecule has 0 bridgehead atoms. The topological polar surface area (TPSA) is 57.8 Å². The van der Waals surface area contributed by atoms with Crippen LogP contribution in [0.1, 0.15) is 15.9 Å². The van der Waals surface area contributed by atoms with Gasteiger partial charge in [0, 0.05) is 5.56 Å². The van der Waals surface area contributed by atoms with E-state index in [0.29, 0.717) is 11.3 Å². The zero-order valence-corrected chi connectivity index (χ0v) is 12.6. The predicted molar refractivity (Wildman–Crippen MR) is 83.4 cm³/mol. The van der Waals surface area contributed by atoms with Crippen LogP contribution in [0.25, 0.3) is 11.3 Å². The number of hydrogen-bond acceptors (Lipinski definition) is 2. The molecule has 0 saturated heterocycles. The summed E-state index contributed by atoms with van der Waals surface area (Å²) < 4.78 is 50.5. The summed E-state index contributed by atoms with van der Waals surface area (Å²) in [6.07, 6.45) is -3.00. The van der Waals surface area contributed by atoms with Crippen molar-refractivity contribution in [3.8, 4) is 11.3 Å². The molecular formula is C17H11F4N3O. The van der Waals surface area contributed by atoms with Gasteiger partial charge in [0.15, 0.2) is 0 Å². The third-order valence-electron chi connectivity index (χ3n) is 3.44. The summed E-state index contributed by atoms with van der Waals surface area (Å²) in [5.41, 5.74) is 0.458. The van der Waals surface area contributed by atoms with Crippen LogP contribution >= 0.6 is 0 Å². The first-order valence-electron chi connectivity index (χ1n) is 7.12. The molecule has 3 aromatic rings. The van der Waals surface area contributed by atoms with Crippen LogP contribution in [0, 0.1) is 5.82 Å². The van der Waals surface area contributed by atoms with Gasteiger partial charge in [0.05, 0.1) is 17.5 Å². The summed E-state index contributed by atoms with van der Waals surface area (Å²) in [7, 11) is 0. The number of halogens is 4. The Bertz CT molecular complexity index is 884. The molecule has 2 N–H and O–H groups in total. The van der Waals surface area contributed by atoms with Gasteiger partial charge in [-0.25, -0.2) is 9.37 Å². The van der Waals surface area contributed by atoms with Crippen LogP contribution in [0.4, 0.5) is 23.5 Å². The Kier molecular flexibility index (Phi) is 4.26. The minimum atomic E-state index is -4.46. The fraction of sp³-hybridized carbons (Fsp3) is 0.0588. The van der Waals surface area contributed by atoms with Crippen molar-refractivity contribution in [2.24, 2.45) is 0 Å². The second kappa shape index (κ2) is 6.39. The summed E-state index contributed by atoms with van der Waals surface area (Å²) in [5, 5.41) is 2.46. The average Bonchev–Trinajstić information content (AvgIpc) is 3.03. The fourth-order valence-electron chi connectivity index (χ4n) is 2.15. The minimum Gasteiger partial charge on any atom is -0.324 e. The number of hydrogen-bond donors (Lipinski definition) is 2. The lowest BCUT2D eigenvalue weighted by atomic mass is 10.1. The maximum atomic E-state index is 12.9. The first-order valence-corrected chi connectivity index (χ1v) is 7.12. The zero-order chi connectivity index (χ0) is 18.0. The Labute approximate surface area is 139 Å².